The van der Waals surface area contributed by atoms with Crippen LogP contribution in [0.3, 0.4) is 0 Å². The van der Waals surface area contributed by atoms with E-state index in [0.29, 0.717) is 23.9 Å². The zero-order valence-electron chi connectivity index (χ0n) is 12.8. The van der Waals surface area contributed by atoms with Crippen molar-refractivity contribution in [3.63, 3.8) is 0 Å². The van der Waals surface area contributed by atoms with Crippen molar-refractivity contribution >= 4 is 0 Å². The SMILES string of the molecule is COc1cccc(CN)c1Oc1cc(-c2ccccc2)ncn1. The van der Waals surface area contributed by atoms with Crippen LogP contribution < -0.4 is 15.2 Å². The Morgan fingerprint density at radius 3 is 2.57 bits per heavy atom. The highest BCUT2D eigenvalue weighted by Gasteiger charge is 2.12. The molecule has 1 heterocycles. The molecule has 0 aliphatic rings. The number of ether oxygens (including phenoxy) is 2. The Bertz CT molecular complexity index is 769. The van der Waals surface area contributed by atoms with Crippen LogP contribution in [0.25, 0.3) is 11.3 Å². The first kappa shape index (κ1) is 15.0. The average Bonchev–Trinajstić information content (AvgIpc) is 2.63. The topological polar surface area (TPSA) is 70.3 Å². The Balaban J connectivity index is 1.96. The summed E-state index contributed by atoms with van der Waals surface area (Å²) in [6.45, 7) is 0.350. The number of benzene rings is 2. The van der Waals surface area contributed by atoms with Crippen molar-refractivity contribution in [1.29, 1.82) is 0 Å². The average molecular weight is 307 g/mol. The zero-order chi connectivity index (χ0) is 16.1. The monoisotopic (exact) mass is 307 g/mol. The molecule has 1 aromatic heterocycles. The lowest BCUT2D eigenvalue weighted by Crippen LogP contribution is -2.02. The normalized spacial score (nSPS) is 10.3. The fourth-order valence-corrected chi connectivity index (χ4v) is 2.27. The molecule has 0 amide bonds. The molecule has 0 fully saturated rings. The van der Waals surface area contributed by atoms with Crippen LogP contribution in [0.4, 0.5) is 0 Å². The predicted octanol–water partition coefficient (Wildman–Crippen LogP) is 3.40. The Morgan fingerprint density at radius 2 is 1.83 bits per heavy atom. The minimum atomic E-state index is 0.350. The molecule has 0 radical (unpaired) electrons. The summed E-state index contributed by atoms with van der Waals surface area (Å²) in [5.41, 5.74) is 8.42. The minimum Gasteiger partial charge on any atom is -0.493 e. The molecule has 0 aliphatic carbocycles. The number of nitrogens with zero attached hydrogens (tertiary/aromatic N) is 2. The third-order valence-electron chi connectivity index (χ3n) is 3.42. The molecule has 2 N–H and O–H groups in total. The lowest BCUT2D eigenvalue weighted by Gasteiger charge is -2.13. The van der Waals surface area contributed by atoms with Crippen LogP contribution >= 0.6 is 0 Å². The number of rotatable bonds is 5. The van der Waals surface area contributed by atoms with Crippen molar-refractivity contribution in [2.75, 3.05) is 7.11 Å². The molecule has 23 heavy (non-hydrogen) atoms. The van der Waals surface area contributed by atoms with E-state index in [-0.39, 0.29) is 0 Å². The van der Waals surface area contributed by atoms with E-state index in [4.69, 9.17) is 15.2 Å². The van der Waals surface area contributed by atoms with Crippen molar-refractivity contribution in [3.8, 4) is 28.6 Å². The molecule has 116 valence electrons. The first-order chi connectivity index (χ1) is 11.3. The molecular weight excluding hydrogens is 290 g/mol. The van der Waals surface area contributed by atoms with E-state index in [0.717, 1.165) is 16.8 Å². The number of para-hydroxylation sites is 1. The van der Waals surface area contributed by atoms with Gasteiger partial charge in [-0.2, -0.15) is 0 Å². The van der Waals surface area contributed by atoms with Gasteiger partial charge in [0.05, 0.1) is 12.8 Å². The van der Waals surface area contributed by atoms with E-state index in [9.17, 15) is 0 Å². The van der Waals surface area contributed by atoms with Crippen molar-refractivity contribution in [2.24, 2.45) is 5.73 Å². The molecular formula is C18H17N3O2. The van der Waals surface area contributed by atoms with Crippen LogP contribution in [0.5, 0.6) is 17.4 Å². The van der Waals surface area contributed by atoms with Gasteiger partial charge in [-0.1, -0.05) is 42.5 Å². The van der Waals surface area contributed by atoms with Crippen LogP contribution in [0, 0.1) is 0 Å². The van der Waals surface area contributed by atoms with Crippen LogP contribution in [0.2, 0.25) is 0 Å². The summed E-state index contributed by atoms with van der Waals surface area (Å²) in [7, 11) is 1.60. The van der Waals surface area contributed by atoms with Gasteiger partial charge in [-0.25, -0.2) is 9.97 Å². The van der Waals surface area contributed by atoms with Crippen LogP contribution in [0.1, 0.15) is 5.56 Å². The van der Waals surface area contributed by atoms with E-state index >= 15 is 0 Å². The van der Waals surface area contributed by atoms with Gasteiger partial charge >= 0.3 is 0 Å². The van der Waals surface area contributed by atoms with Gasteiger partial charge in [-0.15, -0.1) is 0 Å². The van der Waals surface area contributed by atoms with E-state index in [1.165, 1.54) is 6.33 Å². The number of methoxy groups -OCH3 is 1. The number of hydrogen-bond acceptors (Lipinski definition) is 5. The van der Waals surface area contributed by atoms with Crippen molar-refractivity contribution in [2.45, 2.75) is 6.54 Å². The van der Waals surface area contributed by atoms with Gasteiger partial charge in [-0.05, 0) is 6.07 Å². The maximum absolute atomic E-state index is 5.93. The van der Waals surface area contributed by atoms with E-state index < -0.39 is 0 Å². The summed E-state index contributed by atoms with van der Waals surface area (Å²) in [5.74, 6) is 1.64. The van der Waals surface area contributed by atoms with E-state index in [1.807, 2.05) is 48.5 Å². The van der Waals surface area contributed by atoms with Crippen LogP contribution in [0.15, 0.2) is 60.9 Å². The third kappa shape index (κ3) is 3.30. The molecule has 0 saturated carbocycles. The first-order valence-corrected chi connectivity index (χ1v) is 7.23. The molecule has 5 nitrogen and oxygen atoms in total. The molecule has 0 saturated heterocycles. The largest absolute Gasteiger partial charge is 0.493 e. The van der Waals surface area contributed by atoms with Gasteiger partial charge in [0.1, 0.15) is 6.33 Å². The fourth-order valence-electron chi connectivity index (χ4n) is 2.27. The molecule has 3 aromatic rings. The zero-order valence-corrected chi connectivity index (χ0v) is 12.8. The summed E-state index contributed by atoms with van der Waals surface area (Å²) >= 11 is 0. The minimum absolute atomic E-state index is 0.350. The summed E-state index contributed by atoms with van der Waals surface area (Å²) in [4.78, 5) is 8.47. The molecule has 5 heteroatoms. The maximum Gasteiger partial charge on any atom is 0.223 e. The van der Waals surface area contributed by atoms with Crippen molar-refractivity contribution in [1.82, 2.24) is 9.97 Å². The van der Waals surface area contributed by atoms with E-state index in [1.54, 1.807) is 13.2 Å². The van der Waals surface area contributed by atoms with Crippen molar-refractivity contribution in [3.05, 3.63) is 66.5 Å². The highest BCUT2D eigenvalue weighted by Crippen LogP contribution is 2.34. The maximum atomic E-state index is 5.93. The lowest BCUT2D eigenvalue weighted by atomic mass is 10.1. The Labute approximate surface area is 134 Å². The molecule has 0 atom stereocenters. The van der Waals surface area contributed by atoms with Gasteiger partial charge in [0.25, 0.3) is 0 Å². The number of hydrogen-bond donors (Lipinski definition) is 1. The second kappa shape index (κ2) is 6.89. The lowest BCUT2D eigenvalue weighted by molar-refractivity contribution is 0.371. The first-order valence-electron chi connectivity index (χ1n) is 7.23. The summed E-state index contributed by atoms with van der Waals surface area (Å²) < 4.78 is 11.3. The smallest absolute Gasteiger partial charge is 0.223 e. The van der Waals surface area contributed by atoms with Gasteiger partial charge in [0, 0.05) is 23.7 Å². The molecule has 0 bridgehead atoms. The summed E-state index contributed by atoms with van der Waals surface area (Å²) in [5, 5.41) is 0. The van der Waals surface area contributed by atoms with Crippen LogP contribution in [-0.4, -0.2) is 17.1 Å². The van der Waals surface area contributed by atoms with Crippen molar-refractivity contribution < 1.29 is 9.47 Å². The summed E-state index contributed by atoms with van der Waals surface area (Å²) in [6, 6.07) is 17.3. The number of aromatic nitrogens is 2. The second-order valence-corrected chi connectivity index (χ2v) is 4.86. The van der Waals surface area contributed by atoms with Gasteiger partial charge < -0.3 is 15.2 Å². The van der Waals surface area contributed by atoms with Gasteiger partial charge in [0.15, 0.2) is 11.5 Å². The molecule has 0 unspecified atom stereocenters. The Kier molecular flexibility index (Phi) is 4.49. The Morgan fingerprint density at radius 1 is 1.00 bits per heavy atom. The van der Waals surface area contributed by atoms with Crippen LogP contribution in [-0.2, 0) is 6.54 Å². The highest BCUT2D eigenvalue weighted by atomic mass is 16.5. The van der Waals surface area contributed by atoms with Gasteiger partial charge in [-0.3, -0.25) is 0 Å². The third-order valence-corrected chi connectivity index (χ3v) is 3.42. The second-order valence-electron chi connectivity index (χ2n) is 4.86. The van der Waals surface area contributed by atoms with Gasteiger partial charge in [0.2, 0.25) is 5.88 Å². The molecule has 2 aromatic carbocycles. The number of nitrogens with two attached hydrogens (primary N) is 1. The standard InChI is InChI=1S/C18H17N3O2/c1-22-16-9-5-8-14(11-19)18(16)23-17-10-15(20-12-21-17)13-6-3-2-4-7-13/h2-10,12H,11,19H2,1H3. The fraction of sp³-hybridized carbons (Fsp3) is 0.111. The van der Waals surface area contributed by atoms with E-state index in [2.05, 4.69) is 9.97 Å². The quantitative estimate of drug-likeness (QED) is 0.782. The molecule has 0 aliphatic heterocycles. The Hall–Kier alpha value is -2.92. The highest BCUT2D eigenvalue weighted by molar-refractivity contribution is 5.60. The summed E-state index contributed by atoms with van der Waals surface area (Å²) in [6.07, 6.45) is 1.48. The molecule has 0 spiro atoms. The predicted molar refractivity (Wildman–Crippen MR) is 88.4 cm³/mol. The molecule has 3 rings (SSSR count).